The van der Waals surface area contributed by atoms with Crippen molar-refractivity contribution in [3.05, 3.63) is 39.9 Å². The van der Waals surface area contributed by atoms with E-state index >= 15 is 0 Å². The minimum absolute atomic E-state index is 0.00833. The van der Waals surface area contributed by atoms with Gasteiger partial charge in [0, 0.05) is 18.6 Å². The number of hydrogen-bond acceptors (Lipinski definition) is 6. The Morgan fingerprint density at radius 2 is 2.14 bits per heavy atom. The number of carbonyl (C=O) groups is 2. The molecule has 2 saturated heterocycles. The number of carboxylic acid groups (broad SMARTS) is 1. The molecule has 2 heterocycles. The predicted molar refractivity (Wildman–Crippen MR) is 82.6 cm³/mol. The molecule has 9 heteroatoms. The number of benzene rings is 1. The van der Waals surface area contributed by atoms with Crippen LogP contribution in [-0.4, -0.2) is 41.9 Å². The molecule has 0 aromatic heterocycles. The fourth-order valence-corrected chi connectivity index (χ4v) is 4.63. The first-order chi connectivity index (χ1) is 10.4. The maximum absolute atomic E-state index is 11.8. The monoisotopic (exact) mass is 338 g/mol. The number of rotatable bonds is 4. The first kappa shape index (κ1) is 14.9. The molecule has 114 valence electrons. The lowest BCUT2D eigenvalue weighted by atomic mass is 9.88. The molecule has 2 fully saturated rings. The van der Waals surface area contributed by atoms with Gasteiger partial charge in [-0.15, -0.1) is 0 Å². The normalized spacial score (nSPS) is 26.5. The van der Waals surface area contributed by atoms with Crippen LogP contribution >= 0.6 is 24.0 Å². The second-order valence-corrected chi connectivity index (χ2v) is 6.95. The van der Waals surface area contributed by atoms with Crippen LogP contribution in [0.15, 0.2) is 24.3 Å². The smallest absolute Gasteiger partial charge is 0.336 e. The van der Waals surface area contributed by atoms with Crippen molar-refractivity contribution >= 4 is 45.7 Å². The van der Waals surface area contributed by atoms with E-state index in [1.807, 2.05) is 0 Å². The van der Waals surface area contributed by atoms with E-state index in [-0.39, 0.29) is 27.6 Å². The molecule has 0 aliphatic carbocycles. The zero-order valence-corrected chi connectivity index (χ0v) is 12.7. The molecule has 1 aromatic carbocycles. The first-order valence-corrected chi connectivity index (χ1v) is 7.65. The minimum atomic E-state index is -1.55. The molecule has 0 saturated carbocycles. The van der Waals surface area contributed by atoms with E-state index < -0.39 is 16.4 Å². The van der Waals surface area contributed by atoms with Crippen molar-refractivity contribution in [3.63, 3.8) is 0 Å². The lowest BCUT2D eigenvalue weighted by molar-refractivity contribution is -0.384. The summed E-state index contributed by atoms with van der Waals surface area (Å²) in [7, 11) is 0. The summed E-state index contributed by atoms with van der Waals surface area (Å²) in [5.41, 5.74) is -1.04. The second kappa shape index (κ2) is 5.03. The van der Waals surface area contributed by atoms with Gasteiger partial charge in [0.1, 0.15) is 0 Å². The highest BCUT2D eigenvalue weighted by molar-refractivity contribution is 8.24. The van der Waals surface area contributed by atoms with Crippen molar-refractivity contribution in [1.29, 1.82) is 0 Å². The van der Waals surface area contributed by atoms with Crippen molar-refractivity contribution < 1.29 is 19.6 Å². The number of thiocarbonyl (C=S) groups is 1. The summed E-state index contributed by atoms with van der Waals surface area (Å²) >= 11 is 6.45. The molecular formula is C13H10N2O5S2. The number of thioether (sulfide) groups is 1. The number of nitro benzene ring substituents is 1. The molecule has 1 N–H and O–H groups in total. The summed E-state index contributed by atoms with van der Waals surface area (Å²) < 4.78 is 0.259. The van der Waals surface area contributed by atoms with Gasteiger partial charge in [-0.2, -0.15) is 0 Å². The number of aliphatic carboxylic acids is 1. The molecule has 2 atom stereocenters. The van der Waals surface area contributed by atoms with E-state index in [1.165, 1.54) is 40.9 Å². The van der Waals surface area contributed by atoms with Gasteiger partial charge in [-0.25, -0.2) is 4.79 Å². The number of amides is 1. The van der Waals surface area contributed by atoms with Gasteiger partial charge in [0.25, 0.3) is 5.69 Å². The van der Waals surface area contributed by atoms with Gasteiger partial charge in [0.2, 0.25) is 5.91 Å². The summed E-state index contributed by atoms with van der Waals surface area (Å²) in [6.07, 6.45) is 0.300. The second-order valence-electron chi connectivity index (χ2n) is 5.09. The number of non-ortho nitro benzene ring substituents is 1. The molecule has 2 aliphatic rings. The Kier molecular flexibility index (Phi) is 3.41. The predicted octanol–water partition coefficient (Wildman–Crippen LogP) is 1.59. The molecule has 1 unspecified atom stereocenters. The van der Waals surface area contributed by atoms with Crippen molar-refractivity contribution in [1.82, 2.24) is 4.90 Å². The van der Waals surface area contributed by atoms with E-state index in [2.05, 4.69) is 0 Å². The minimum Gasteiger partial charge on any atom is -0.479 e. The van der Waals surface area contributed by atoms with Crippen LogP contribution in [0.1, 0.15) is 12.0 Å². The number of hydrogen-bond donors (Lipinski definition) is 1. The number of β-lactam (4-membered cyclic amide) rings is 1. The van der Waals surface area contributed by atoms with Crippen molar-refractivity contribution in [2.75, 3.05) is 0 Å². The zero-order chi connectivity index (χ0) is 16.1. The SMILES string of the molecule is O=C1C[C@H]2SC(=S)C(Cc3ccc([N+](=O)[O-])cc3)(C(=O)O)N12. The topological polar surface area (TPSA) is 101 Å². The summed E-state index contributed by atoms with van der Waals surface area (Å²) in [6.45, 7) is 0. The highest BCUT2D eigenvalue weighted by Gasteiger charge is 2.63. The van der Waals surface area contributed by atoms with Crippen molar-refractivity contribution in [2.24, 2.45) is 0 Å². The van der Waals surface area contributed by atoms with Crippen LogP contribution in [0.5, 0.6) is 0 Å². The maximum Gasteiger partial charge on any atom is 0.336 e. The van der Waals surface area contributed by atoms with Gasteiger partial charge < -0.3 is 10.0 Å². The molecule has 0 spiro atoms. The Labute approximate surface area is 134 Å². The Bertz CT molecular complexity index is 705. The van der Waals surface area contributed by atoms with Crippen LogP contribution in [0, 0.1) is 10.1 Å². The number of carbonyl (C=O) groups excluding carboxylic acids is 1. The first-order valence-electron chi connectivity index (χ1n) is 6.36. The molecule has 7 nitrogen and oxygen atoms in total. The maximum atomic E-state index is 11.8. The van der Waals surface area contributed by atoms with Crippen molar-refractivity contribution in [2.45, 2.75) is 23.8 Å². The molecule has 22 heavy (non-hydrogen) atoms. The fraction of sp³-hybridized carbons (Fsp3) is 0.308. The van der Waals surface area contributed by atoms with Crippen LogP contribution in [-0.2, 0) is 16.0 Å². The number of nitro groups is 1. The van der Waals surface area contributed by atoms with Crippen molar-refractivity contribution in [3.8, 4) is 0 Å². The van der Waals surface area contributed by atoms with Gasteiger partial charge in [-0.3, -0.25) is 14.9 Å². The summed E-state index contributed by atoms with van der Waals surface area (Å²) in [5, 5.41) is 20.1. The zero-order valence-electron chi connectivity index (χ0n) is 11.1. The summed E-state index contributed by atoms with van der Waals surface area (Å²) in [4.78, 5) is 35.1. The van der Waals surface area contributed by atoms with Crippen LogP contribution in [0.25, 0.3) is 0 Å². The standard InChI is InChI=1S/C13H10N2O5S2/c16-9-5-10-14(9)13(11(17)18,12(21)22-10)6-7-1-3-8(4-2-7)15(19)20/h1-4,10H,5-6H2,(H,17,18)/t10-,13?/m1/s1. The molecule has 3 rings (SSSR count). The van der Waals surface area contributed by atoms with Gasteiger partial charge in [-0.1, -0.05) is 36.1 Å². The Morgan fingerprint density at radius 3 is 2.64 bits per heavy atom. The number of fused-ring (bicyclic) bond motifs is 1. The number of nitrogens with zero attached hydrogens (tertiary/aromatic N) is 2. The molecule has 0 radical (unpaired) electrons. The van der Waals surface area contributed by atoms with Gasteiger partial charge in [-0.05, 0) is 5.56 Å². The van der Waals surface area contributed by atoms with E-state index in [9.17, 15) is 24.8 Å². The van der Waals surface area contributed by atoms with Crippen LogP contribution in [0.3, 0.4) is 0 Å². The Morgan fingerprint density at radius 1 is 1.50 bits per heavy atom. The summed E-state index contributed by atoms with van der Waals surface area (Å²) in [5.74, 6) is -1.40. The summed E-state index contributed by atoms with van der Waals surface area (Å²) in [6, 6.07) is 5.61. The third-order valence-electron chi connectivity index (χ3n) is 3.86. The van der Waals surface area contributed by atoms with Crippen LogP contribution in [0.2, 0.25) is 0 Å². The van der Waals surface area contributed by atoms with E-state index in [0.717, 1.165) is 0 Å². The number of carboxylic acids is 1. The van der Waals surface area contributed by atoms with E-state index in [1.54, 1.807) is 0 Å². The Balaban J connectivity index is 1.95. The molecule has 1 aromatic rings. The molecule has 1 amide bonds. The quantitative estimate of drug-likeness (QED) is 0.385. The molecule has 2 aliphatic heterocycles. The largest absolute Gasteiger partial charge is 0.479 e. The van der Waals surface area contributed by atoms with Gasteiger partial charge >= 0.3 is 5.97 Å². The highest BCUT2D eigenvalue weighted by Crippen LogP contribution is 2.48. The lowest BCUT2D eigenvalue weighted by Crippen LogP contribution is -2.64. The lowest BCUT2D eigenvalue weighted by Gasteiger charge is -2.42. The van der Waals surface area contributed by atoms with E-state index in [4.69, 9.17) is 12.2 Å². The fourth-order valence-electron chi connectivity index (χ4n) is 2.71. The Hall–Kier alpha value is -2.00. The third kappa shape index (κ3) is 2.00. The van der Waals surface area contributed by atoms with Gasteiger partial charge in [0.05, 0.1) is 20.9 Å². The highest BCUT2D eigenvalue weighted by atomic mass is 32.2. The third-order valence-corrected chi connectivity index (χ3v) is 5.69. The van der Waals surface area contributed by atoms with Crippen LogP contribution in [0.4, 0.5) is 5.69 Å². The molecule has 0 bridgehead atoms. The van der Waals surface area contributed by atoms with E-state index in [0.29, 0.717) is 12.0 Å². The average Bonchev–Trinajstić information content (AvgIpc) is 2.67. The molecular weight excluding hydrogens is 328 g/mol. The van der Waals surface area contributed by atoms with Gasteiger partial charge in [0.15, 0.2) is 5.54 Å². The average molecular weight is 338 g/mol. The van der Waals surface area contributed by atoms with Crippen LogP contribution < -0.4 is 0 Å².